The van der Waals surface area contributed by atoms with E-state index in [1.807, 2.05) is 30.7 Å². The van der Waals surface area contributed by atoms with Crippen LogP contribution < -0.4 is 0 Å². The SMILES string of the molecule is c1ccc(-c2ccc3nncc4c5ccnc6nccc(c2c34)c65)cc1. The Balaban J connectivity index is 1.99. The first-order chi connectivity index (χ1) is 12.9. The summed E-state index contributed by atoms with van der Waals surface area (Å²) >= 11 is 0. The molecule has 0 fully saturated rings. The van der Waals surface area contributed by atoms with Crippen LogP contribution in [0.1, 0.15) is 0 Å². The third-order valence-corrected chi connectivity index (χ3v) is 5.09. The first-order valence-electron chi connectivity index (χ1n) is 8.50. The van der Waals surface area contributed by atoms with Crippen molar-refractivity contribution in [3.8, 4) is 11.1 Å². The summed E-state index contributed by atoms with van der Waals surface area (Å²) < 4.78 is 0. The third-order valence-electron chi connectivity index (χ3n) is 5.09. The minimum atomic E-state index is 0.762. The molecular formula is C22H12N4. The Morgan fingerprint density at radius 2 is 1.42 bits per heavy atom. The highest BCUT2D eigenvalue weighted by molar-refractivity contribution is 6.33. The van der Waals surface area contributed by atoms with Crippen molar-refractivity contribution in [3.05, 3.63) is 73.2 Å². The van der Waals surface area contributed by atoms with Gasteiger partial charge in [0, 0.05) is 33.9 Å². The van der Waals surface area contributed by atoms with Gasteiger partial charge in [-0.3, -0.25) is 0 Å². The molecule has 3 aromatic carbocycles. The summed E-state index contributed by atoms with van der Waals surface area (Å²) in [5.74, 6) is 0. The predicted octanol–water partition coefficient (Wildman–Crippen LogP) is 4.98. The van der Waals surface area contributed by atoms with Crippen LogP contribution in [0.4, 0.5) is 0 Å². The maximum atomic E-state index is 4.48. The highest BCUT2D eigenvalue weighted by Gasteiger charge is 2.17. The smallest absolute Gasteiger partial charge is 0.160 e. The monoisotopic (exact) mass is 332 g/mol. The molecule has 0 saturated carbocycles. The van der Waals surface area contributed by atoms with E-state index in [0.29, 0.717) is 0 Å². The number of nitrogens with zero attached hydrogens (tertiary/aromatic N) is 4. The minimum absolute atomic E-state index is 0.762. The van der Waals surface area contributed by atoms with Crippen LogP contribution in [0, 0.1) is 0 Å². The highest BCUT2D eigenvalue weighted by atomic mass is 15.1. The lowest BCUT2D eigenvalue weighted by Crippen LogP contribution is -1.94. The first-order valence-corrected chi connectivity index (χ1v) is 8.50. The van der Waals surface area contributed by atoms with Crippen LogP contribution in [0.25, 0.3) is 54.6 Å². The van der Waals surface area contributed by atoms with Gasteiger partial charge in [0.25, 0.3) is 0 Å². The number of hydrogen-bond donors (Lipinski definition) is 0. The largest absolute Gasteiger partial charge is 0.237 e. The quantitative estimate of drug-likeness (QED) is 0.315. The summed E-state index contributed by atoms with van der Waals surface area (Å²) in [5.41, 5.74) is 4.04. The summed E-state index contributed by atoms with van der Waals surface area (Å²) in [5, 5.41) is 15.4. The second-order valence-electron chi connectivity index (χ2n) is 6.42. The van der Waals surface area contributed by atoms with Gasteiger partial charge in [-0.05, 0) is 40.1 Å². The first kappa shape index (κ1) is 13.6. The molecule has 3 heterocycles. The van der Waals surface area contributed by atoms with Gasteiger partial charge in [0.1, 0.15) is 0 Å². The maximum absolute atomic E-state index is 4.48. The van der Waals surface area contributed by atoms with Crippen molar-refractivity contribution in [2.45, 2.75) is 0 Å². The molecule has 0 amide bonds. The average Bonchev–Trinajstić information content (AvgIpc) is 2.72. The van der Waals surface area contributed by atoms with Crippen molar-refractivity contribution < 1.29 is 0 Å². The van der Waals surface area contributed by atoms with Gasteiger partial charge in [0.15, 0.2) is 5.65 Å². The molecule has 6 rings (SSSR count). The predicted molar refractivity (Wildman–Crippen MR) is 104 cm³/mol. The van der Waals surface area contributed by atoms with Crippen LogP contribution >= 0.6 is 0 Å². The number of rotatable bonds is 1. The Morgan fingerprint density at radius 3 is 2.27 bits per heavy atom. The van der Waals surface area contributed by atoms with Gasteiger partial charge >= 0.3 is 0 Å². The molecule has 0 aliphatic heterocycles. The zero-order valence-corrected chi connectivity index (χ0v) is 13.7. The molecular weight excluding hydrogens is 320 g/mol. The fraction of sp³-hybridized carbons (Fsp3) is 0. The lowest BCUT2D eigenvalue weighted by Gasteiger charge is -2.15. The van der Waals surface area contributed by atoms with Crippen molar-refractivity contribution in [2.24, 2.45) is 0 Å². The van der Waals surface area contributed by atoms with Gasteiger partial charge in [-0.25, -0.2) is 9.97 Å². The second kappa shape index (κ2) is 4.92. The Morgan fingerprint density at radius 1 is 0.615 bits per heavy atom. The number of pyridine rings is 2. The van der Waals surface area contributed by atoms with Crippen LogP contribution in [-0.4, -0.2) is 20.2 Å². The summed E-state index contributed by atoms with van der Waals surface area (Å²) in [6, 6.07) is 18.8. The fourth-order valence-corrected chi connectivity index (χ4v) is 4.02. The Bertz CT molecular complexity index is 1420. The van der Waals surface area contributed by atoms with Crippen molar-refractivity contribution in [1.82, 2.24) is 20.2 Å². The van der Waals surface area contributed by atoms with E-state index in [4.69, 9.17) is 0 Å². The third kappa shape index (κ3) is 1.68. The Labute approximate surface area is 148 Å². The lowest BCUT2D eigenvalue weighted by atomic mass is 9.90. The molecule has 0 bridgehead atoms. The van der Waals surface area contributed by atoms with Crippen LogP contribution in [-0.2, 0) is 0 Å². The van der Waals surface area contributed by atoms with Crippen molar-refractivity contribution in [1.29, 1.82) is 0 Å². The Kier molecular flexibility index (Phi) is 2.58. The average molecular weight is 332 g/mol. The molecule has 4 heteroatoms. The maximum Gasteiger partial charge on any atom is 0.160 e. The van der Waals surface area contributed by atoms with Crippen molar-refractivity contribution in [2.75, 3.05) is 0 Å². The van der Waals surface area contributed by atoms with Gasteiger partial charge in [-0.1, -0.05) is 36.4 Å². The lowest BCUT2D eigenvalue weighted by molar-refractivity contribution is 1.09. The summed E-state index contributed by atoms with van der Waals surface area (Å²) in [4.78, 5) is 8.95. The van der Waals surface area contributed by atoms with Crippen LogP contribution in [0.2, 0.25) is 0 Å². The molecule has 0 aliphatic carbocycles. The number of hydrogen-bond acceptors (Lipinski definition) is 4. The van der Waals surface area contributed by atoms with Crippen molar-refractivity contribution >= 4 is 43.5 Å². The topological polar surface area (TPSA) is 51.6 Å². The van der Waals surface area contributed by atoms with Gasteiger partial charge in [-0.2, -0.15) is 10.2 Å². The molecule has 0 N–H and O–H groups in total. The molecule has 4 nitrogen and oxygen atoms in total. The van der Waals surface area contributed by atoms with Crippen LogP contribution in [0.3, 0.4) is 0 Å². The molecule has 0 atom stereocenters. The number of aromatic nitrogens is 4. The molecule has 120 valence electrons. The van der Waals surface area contributed by atoms with Gasteiger partial charge in [0.05, 0.1) is 11.7 Å². The number of fused-ring (bicyclic) bond motifs is 2. The highest BCUT2D eigenvalue weighted by Crippen LogP contribution is 2.42. The van der Waals surface area contributed by atoms with Crippen LogP contribution in [0.15, 0.2) is 73.2 Å². The van der Waals surface area contributed by atoms with E-state index in [9.17, 15) is 0 Å². The van der Waals surface area contributed by atoms with E-state index in [1.165, 1.54) is 16.5 Å². The van der Waals surface area contributed by atoms with Gasteiger partial charge < -0.3 is 0 Å². The van der Waals surface area contributed by atoms with E-state index >= 15 is 0 Å². The zero-order valence-electron chi connectivity index (χ0n) is 13.7. The summed E-state index contributed by atoms with van der Waals surface area (Å²) in [6.45, 7) is 0. The van der Waals surface area contributed by atoms with E-state index in [1.54, 1.807) is 0 Å². The summed E-state index contributed by atoms with van der Waals surface area (Å²) in [6.07, 6.45) is 5.50. The molecule has 0 spiro atoms. The second-order valence-corrected chi connectivity index (χ2v) is 6.42. The fourth-order valence-electron chi connectivity index (χ4n) is 4.02. The molecule has 0 aliphatic rings. The molecule has 0 radical (unpaired) electrons. The molecule has 0 saturated heterocycles. The standard InChI is InChI=1S/C22H12N4/c1-2-4-13(5-3-1)14-6-7-18-21-17(12-25-26-18)15-8-10-23-22-20(15)16(19(14)21)9-11-24-22/h1-12H. The van der Waals surface area contributed by atoms with E-state index in [2.05, 4.69) is 62.6 Å². The normalized spacial score (nSPS) is 11.8. The Hall–Kier alpha value is -3.66. The van der Waals surface area contributed by atoms with Gasteiger partial charge in [0.2, 0.25) is 0 Å². The van der Waals surface area contributed by atoms with Crippen LogP contribution in [0.5, 0.6) is 0 Å². The molecule has 0 unspecified atom stereocenters. The number of benzene rings is 3. The van der Waals surface area contributed by atoms with Crippen molar-refractivity contribution in [3.63, 3.8) is 0 Å². The molecule has 3 aromatic heterocycles. The van der Waals surface area contributed by atoms with Gasteiger partial charge in [-0.15, -0.1) is 0 Å². The summed E-state index contributed by atoms with van der Waals surface area (Å²) in [7, 11) is 0. The molecule has 6 aromatic rings. The minimum Gasteiger partial charge on any atom is -0.237 e. The van der Waals surface area contributed by atoms with E-state index in [0.717, 1.165) is 38.1 Å². The van der Waals surface area contributed by atoms with E-state index in [-0.39, 0.29) is 0 Å². The zero-order chi connectivity index (χ0) is 17.1. The van der Waals surface area contributed by atoms with E-state index < -0.39 is 0 Å². The molecule has 26 heavy (non-hydrogen) atoms.